The van der Waals surface area contributed by atoms with Crippen LogP contribution in [0.25, 0.3) is 61.1 Å². The zero-order valence-corrected chi connectivity index (χ0v) is 34.1. The first-order valence-electron chi connectivity index (χ1n) is 20.0. The van der Waals surface area contributed by atoms with Gasteiger partial charge in [-0.1, -0.05) is 120 Å². The predicted molar refractivity (Wildman–Crippen MR) is 236 cm³/mol. The maximum absolute atomic E-state index is 5.10. The van der Waals surface area contributed by atoms with Crippen LogP contribution in [-0.2, 0) is 10.8 Å². The average Bonchev–Trinajstić information content (AvgIpc) is 3.49. The molecule has 5 aromatic carbocycles. The van der Waals surface area contributed by atoms with Gasteiger partial charge in [0.25, 0.3) is 0 Å². The molecule has 6 aromatic rings. The second-order valence-corrected chi connectivity index (χ2v) is 17.5. The van der Waals surface area contributed by atoms with Crippen LogP contribution in [0.5, 0.6) is 0 Å². The summed E-state index contributed by atoms with van der Waals surface area (Å²) in [6.07, 6.45) is 13.4. The molecule has 9 rings (SSSR count). The van der Waals surface area contributed by atoms with E-state index in [1.165, 1.54) is 106 Å². The van der Waals surface area contributed by atoms with Crippen molar-refractivity contribution < 1.29 is 0 Å². The Bertz CT molecular complexity index is 2760. The third-order valence-corrected chi connectivity index (χ3v) is 13.2. The van der Waals surface area contributed by atoms with Crippen molar-refractivity contribution in [3.63, 3.8) is 0 Å². The number of benzene rings is 5. The summed E-state index contributed by atoms with van der Waals surface area (Å²) in [7, 11) is 0. The fourth-order valence-corrected chi connectivity index (χ4v) is 9.76. The van der Waals surface area contributed by atoms with E-state index in [9.17, 15) is 0 Å². The fourth-order valence-electron chi connectivity index (χ4n) is 9.76. The molecule has 0 bridgehead atoms. The molecule has 0 radical (unpaired) electrons. The van der Waals surface area contributed by atoms with E-state index in [-0.39, 0.29) is 10.8 Å². The first kappa shape index (κ1) is 35.2. The Hall–Kier alpha value is -5.53. The lowest BCUT2D eigenvalue weighted by molar-refractivity contribution is 0.659. The Balaban J connectivity index is 1.10. The summed E-state index contributed by atoms with van der Waals surface area (Å²) in [5.74, 6) is 0.437. The molecule has 0 fully saturated rings. The lowest BCUT2D eigenvalue weighted by atomic mass is 9.78. The number of allylic oxidation sites excluding steroid dienone is 8. The lowest BCUT2D eigenvalue weighted by Gasteiger charge is -2.25. The van der Waals surface area contributed by atoms with Gasteiger partial charge < -0.3 is 0 Å². The van der Waals surface area contributed by atoms with Gasteiger partial charge in [-0.2, -0.15) is 0 Å². The molecule has 0 amide bonds. The summed E-state index contributed by atoms with van der Waals surface area (Å²) in [5, 5.41) is 1.17. The van der Waals surface area contributed by atoms with Gasteiger partial charge in [0.05, 0.1) is 11.2 Å². The fraction of sp³-hybridized carbons (Fsp3) is 0.241. The quantitative estimate of drug-likeness (QED) is 0.177. The van der Waals surface area contributed by atoms with Gasteiger partial charge in [0.15, 0.2) is 0 Å². The van der Waals surface area contributed by atoms with E-state index in [2.05, 4.69) is 191 Å². The predicted octanol–water partition coefficient (Wildman–Crippen LogP) is 14.5. The van der Waals surface area contributed by atoms with Crippen LogP contribution in [0.15, 0.2) is 127 Å². The van der Waals surface area contributed by atoms with Crippen molar-refractivity contribution in [3.05, 3.63) is 177 Å². The maximum atomic E-state index is 5.10. The van der Waals surface area contributed by atoms with Crippen molar-refractivity contribution in [1.82, 2.24) is 4.98 Å². The topological polar surface area (TPSA) is 12.9 Å². The van der Waals surface area contributed by atoms with Crippen LogP contribution < -0.4 is 0 Å². The van der Waals surface area contributed by atoms with Crippen LogP contribution in [0.2, 0.25) is 0 Å². The first-order chi connectivity index (χ1) is 26.2. The molecule has 1 heteroatoms. The minimum atomic E-state index is -0.149. The zero-order valence-electron chi connectivity index (χ0n) is 34.1. The number of pyridine rings is 1. The maximum Gasteiger partial charge on any atom is 0.0712 e. The Morgan fingerprint density at radius 3 is 1.71 bits per heavy atom. The Morgan fingerprint density at radius 2 is 1.11 bits per heavy atom. The minimum absolute atomic E-state index is 0.120. The van der Waals surface area contributed by atoms with E-state index in [1.807, 2.05) is 0 Å². The largest absolute Gasteiger partial charge is 0.248 e. The Kier molecular flexibility index (Phi) is 8.00. The number of rotatable bonds is 4. The van der Waals surface area contributed by atoms with E-state index in [4.69, 9.17) is 4.98 Å². The highest BCUT2D eigenvalue weighted by atomic mass is 14.7. The third-order valence-electron chi connectivity index (χ3n) is 13.2. The van der Waals surface area contributed by atoms with Gasteiger partial charge >= 0.3 is 0 Å². The van der Waals surface area contributed by atoms with Gasteiger partial charge in [0, 0.05) is 21.8 Å². The zero-order chi connectivity index (χ0) is 38.6. The molecule has 0 aliphatic heterocycles. The highest BCUT2D eigenvalue weighted by Crippen LogP contribution is 2.54. The average molecular weight is 714 g/mol. The summed E-state index contributed by atoms with van der Waals surface area (Å²) in [4.78, 5) is 5.10. The molecular weight excluding hydrogens is 663 g/mol. The molecule has 3 aliphatic carbocycles. The Morgan fingerprint density at radius 1 is 0.582 bits per heavy atom. The van der Waals surface area contributed by atoms with Gasteiger partial charge in [-0.3, -0.25) is 0 Å². The number of hydrogen-bond donors (Lipinski definition) is 0. The molecule has 1 nitrogen and oxygen atoms in total. The summed E-state index contributed by atoms with van der Waals surface area (Å²) in [6, 6.07) is 32.5. The molecule has 0 saturated heterocycles. The van der Waals surface area contributed by atoms with E-state index < -0.39 is 0 Å². The van der Waals surface area contributed by atoms with E-state index in [0.29, 0.717) is 5.92 Å². The number of fused-ring (bicyclic) bond motifs is 7. The number of aryl methyl sites for hydroxylation is 4. The molecule has 1 heterocycles. The van der Waals surface area contributed by atoms with Gasteiger partial charge in [0.1, 0.15) is 0 Å². The van der Waals surface area contributed by atoms with Gasteiger partial charge in [-0.15, -0.1) is 0 Å². The van der Waals surface area contributed by atoms with Crippen molar-refractivity contribution in [2.75, 3.05) is 0 Å². The van der Waals surface area contributed by atoms with Crippen LogP contribution in [0.3, 0.4) is 0 Å². The molecular formula is C54H51N. The molecule has 1 aromatic heterocycles. The smallest absolute Gasteiger partial charge is 0.0712 e. The second-order valence-electron chi connectivity index (χ2n) is 17.5. The van der Waals surface area contributed by atoms with E-state index >= 15 is 0 Å². The molecule has 0 saturated carbocycles. The molecule has 1 atom stereocenters. The van der Waals surface area contributed by atoms with Crippen molar-refractivity contribution in [2.24, 2.45) is 5.92 Å². The minimum Gasteiger partial charge on any atom is -0.248 e. The highest BCUT2D eigenvalue weighted by molar-refractivity contribution is 5.91. The number of aromatic nitrogens is 1. The first-order valence-corrected chi connectivity index (χ1v) is 20.0. The normalized spacial score (nSPS) is 18.1. The van der Waals surface area contributed by atoms with Crippen LogP contribution >= 0.6 is 0 Å². The van der Waals surface area contributed by atoms with Gasteiger partial charge in [-0.25, -0.2) is 4.98 Å². The molecule has 0 spiro atoms. The summed E-state index contributed by atoms with van der Waals surface area (Å²) in [5.41, 5.74) is 26.0. The molecule has 55 heavy (non-hydrogen) atoms. The SMILES string of the molecule is C/C(=C\C=C1\C=CC=CC1C)c1cc2c(cc1C)-c1cc(C)c(-c3cc4c(cc3C)-c3cc(C)c(-c5ccc6ccccc6n5)cc3C4(C)C)cc1C2(C)C. The van der Waals surface area contributed by atoms with Crippen LogP contribution in [0.1, 0.15) is 91.6 Å². The van der Waals surface area contributed by atoms with Crippen LogP contribution in [0.4, 0.5) is 0 Å². The summed E-state index contributed by atoms with van der Waals surface area (Å²) >= 11 is 0. The molecule has 3 aliphatic rings. The third kappa shape index (κ3) is 5.46. The molecule has 272 valence electrons. The number of hydrogen-bond acceptors (Lipinski definition) is 1. The van der Waals surface area contributed by atoms with E-state index in [1.54, 1.807) is 0 Å². The van der Waals surface area contributed by atoms with Crippen molar-refractivity contribution in [2.45, 2.75) is 80.1 Å². The summed E-state index contributed by atoms with van der Waals surface area (Å²) < 4.78 is 0. The molecule has 0 N–H and O–H groups in total. The second kappa shape index (κ2) is 12.5. The van der Waals surface area contributed by atoms with Crippen molar-refractivity contribution >= 4 is 16.5 Å². The standard InChI is InChI=1S/C54H51N/c1-31-15-11-12-16-37(31)20-19-32(2)39-27-47-43(23-33(39)3)44-24-34(4)40(28-48(44)53(47,7)8)41-29-49-45(25-35(41)5)46-26-36(6)42(30-50(46)54(49,9)10)52-22-21-38-17-13-14-18-51(38)55-52/h11-31H,1-10H3/b32-19+,37-20-. The van der Waals surface area contributed by atoms with Gasteiger partial charge in [0.2, 0.25) is 0 Å². The van der Waals surface area contributed by atoms with Crippen LogP contribution in [0, 0.1) is 33.6 Å². The molecule has 1 unspecified atom stereocenters. The lowest BCUT2D eigenvalue weighted by Crippen LogP contribution is -2.16. The van der Waals surface area contributed by atoms with Crippen LogP contribution in [-0.4, -0.2) is 4.98 Å². The highest BCUT2D eigenvalue weighted by Gasteiger charge is 2.39. The number of nitrogens with zero attached hydrogens (tertiary/aromatic N) is 1. The van der Waals surface area contributed by atoms with Gasteiger partial charge in [-0.05, 0) is 172 Å². The van der Waals surface area contributed by atoms with Crippen molar-refractivity contribution in [3.8, 4) is 44.6 Å². The monoisotopic (exact) mass is 713 g/mol. The van der Waals surface area contributed by atoms with E-state index in [0.717, 1.165) is 11.2 Å². The summed E-state index contributed by atoms with van der Waals surface area (Å²) in [6.45, 7) is 23.3. The van der Waals surface area contributed by atoms with Crippen molar-refractivity contribution in [1.29, 1.82) is 0 Å². The number of para-hydroxylation sites is 1. The Labute approximate surface area is 327 Å².